The molecule has 0 aliphatic carbocycles. The molecule has 0 saturated carbocycles. The summed E-state index contributed by atoms with van der Waals surface area (Å²) < 4.78 is 0. The van der Waals surface area contributed by atoms with E-state index >= 15 is 0 Å². The van der Waals surface area contributed by atoms with Gasteiger partial charge in [-0.3, -0.25) is 0 Å². The number of anilines is 6. The van der Waals surface area contributed by atoms with E-state index < -0.39 is 0 Å². The van der Waals surface area contributed by atoms with E-state index in [1.807, 2.05) is 42.3 Å². The summed E-state index contributed by atoms with van der Waals surface area (Å²) in [5.74, 6) is 0. The van der Waals surface area contributed by atoms with Crippen molar-refractivity contribution in [1.29, 1.82) is 0 Å². The fraction of sp³-hybridized carbons (Fsp3) is 0.222. The highest BCUT2D eigenvalue weighted by Gasteiger charge is 2.02. The minimum Gasteiger partial charge on any atom is -0.388 e. The summed E-state index contributed by atoms with van der Waals surface area (Å²) in [5.41, 5.74) is 22.0. The molecule has 6 nitrogen and oxygen atoms in total. The molecule has 0 amide bonds. The Balaban J connectivity index is 0.000000198. The van der Waals surface area contributed by atoms with E-state index in [9.17, 15) is 0 Å². The third-order valence-electron chi connectivity index (χ3n) is 10.7. The predicted molar refractivity (Wildman–Crippen MR) is 271 cm³/mol. The van der Waals surface area contributed by atoms with E-state index in [0.29, 0.717) is 0 Å². The van der Waals surface area contributed by atoms with Crippen molar-refractivity contribution in [3.05, 3.63) is 176 Å². The zero-order valence-electron chi connectivity index (χ0n) is 37.9. The molecule has 0 aliphatic rings. The number of hydrogen-bond acceptors (Lipinski definition) is 6. The first-order valence-electron chi connectivity index (χ1n) is 20.7. The lowest BCUT2D eigenvalue weighted by Gasteiger charge is -2.06. The van der Waals surface area contributed by atoms with Crippen molar-refractivity contribution in [1.82, 2.24) is 0 Å². The molecule has 6 rings (SSSR count). The molecule has 0 bridgehead atoms. The van der Waals surface area contributed by atoms with Crippen LogP contribution >= 0.6 is 0 Å². The van der Waals surface area contributed by atoms with Gasteiger partial charge in [-0.05, 0) is 181 Å². The SMILES string of the molecule is CNc1ccc(/C=C/c2ccc(NC)cc2C)c(C)c1.CNc1ccc(/C=C/c2ccc(NC)cc2C)c(C)c1.CNc1ccc(/C=C/c2ccc(NC)cc2C)c(C)c1. The Bertz CT molecular complexity index is 1980. The van der Waals surface area contributed by atoms with Gasteiger partial charge in [0, 0.05) is 76.4 Å². The summed E-state index contributed by atoms with van der Waals surface area (Å²) in [6, 6.07) is 38.5. The van der Waals surface area contributed by atoms with Crippen LogP contribution in [0.3, 0.4) is 0 Å². The molecule has 0 radical (unpaired) electrons. The number of hydrogen-bond donors (Lipinski definition) is 6. The summed E-state index contributed by atoms with van der Waals surface area (Å²) >= 11 is 0. The van der Waals surface area contributed by atoms with Crippen LogP contribution < -0.4 is 31.9 Å². The standard InChI is InChI=1S/3C18H22N2/c3*1-13-11-17(19-3)9-7-15(13)5-6-16-8-10-18(20-4)12-14(16)2/h3*5-12,19-20H,1-4H3/b3*6-5+. The fourth-order valence-electron chi connectivity index (χ4n) is 6.65. The van der Waals surface area contributed by atoms with Crippen LogP contribution in [0.2, 0.25) is 0 Å². The topological polar surface area (TPSA) is 72.2 Å². The van der Waals surface area contributed by atoms with Gasteiger partial charge >= 0.3 is 0 Å². The summed E-state index contributed by atoms with van der Waals surface area (Å²) in [5, 5.41) is 19.0. The third-order valence-corrected chi connectivity index (χ3v) is 10.7. The van der Waals surface area contributed by atoms with E-state index in [1.54, 1.807) is 0 Å². The lowest BCUT2D eigenvalue weighted by Crippen LogP contribution is -1.90. The number of benzene rings is 6. The first-order valence-corrected chi connectivity index (χ1v) is 20.7. The molecule has 0 spiro atoms. The Morgan fingerprint density at radius 1 is 0.233 bits per heavy atom. The van der Waals surface area contributed by atoms with E-state index in [1.165, 1.54) is 66.8 Å². The van der Waals surface area contributed by atoms with Gasteiger partial charge in [0.15, 0.2) is 0 Å². The van der Waals surface area contributed by atoms with Crippen molar-refractivity contribution >= 4 is 70.6 Å². The molecule has 0 saturated heterocycles. The monoisotopic (exact) mass is 799 g/mol. The predicted octanol–water partition coefficient (Wildman–Crippen LogP) is 13.7. The Morgan fingerprint density at radius 2 is 0.367 bits per heavy atom. The van der Waals surface area contributed by atoms with Crippen LogP contribution in [0.1, 0.15) is 66.8 Å². The second-order valence-electron chi connectivity index (χ2n) is 14.9. The van der Waals surface area contributed by atoms with Gasteiger partial charge in [-0.1, -0.05) is 72.9 Å². The van der Waals surface area contributed by atoms with Gasteiger partial charge in [0.2, 0.25) is 0 Å². The lowest BCUT2D eigenvalue weighted by molar-refractivity contribution is 1.40. The molecule has 6 heteroatoms. The molecular weight excluding hydrogens is 733 g/mol. The van der Waals surface area contributed by atoms with Gasteiger partial charge in [-0.25, -0.2) is 0 Å². The average Bonchev–Trinajstić information content (AvgIpc) is 3.26. The molecule has 0 atom stereocenters. The minimum absolute atomic E-state index is 1.15. The maximum absolute atomic E-state index is 3.16. The van der Waals surface area contributed by atoms with Gasteiger partial charge in [-0.15, -0.1) is 0 Å². The highest BCUT2D eigenvalue weighted by Crippen LogP contribution is 2.23. The molecule has 0 fully saturated rings. The summed E-state index contributed by atoms with van der Waals surface area (Å²) in [4.78, 5) is 0. The van der Waals surface area contributed by atoms with Gasteiger partial charge in [0.05, 0.1) is 0 Å². The number of rotatable bonds is 12. The molecule has 0 aliphatic heterocycles. The highest BCUT2D eigenvalue weighted by atomic mass is 14.8. The second kappa shape index (κ2) is 23.1. The van der Waals surface area contributed by atoms with Gasteiger partial charge < -0.3 is 31.9 Å². The van der Waals surface area contributed by atoms with Crippen LogP contribution in [-0.2, 0) is 0 Å². The maximum Gasteiger partial charge on any atom is 0.0340 e. The van der Waals surface area contributed by atoms with E-state index in [4.69, 9.17) is 0 Å². The van der Waals surface area contributed by atoms with Crippen molar-refractivity contribution in [2.75, 3.05) is 74.2 Å². The smallest absolute Gasteiger partial charge is 0.0340 e. The molecule has 0 aromatic heterocycles. The van der Waals surface area contributed by atoms with E-state index in [-0.39, 0.29) is 0 Å². The number of nitrogens with one attached hydrogen (secondary N) is 6. The third kappa shape index (κ3) is 13.5. The molecule has 0 unspecified atom stereocenters. The van der Waals surface area contributed by atoms with Crippen LogP contribution in [0.15, 0.2) is 109 Å². The van der Waals surface area contributed by atoms with Gasteiger partial charge in [-0.2, -0.15) is 0 Å². The molecule has 312 valence electrons. The van der Waals surface area contributed by atoms with Crippen LogP contribution in [0, 0.1) is 41.5 Å². The summed E-state index contributed by atoms with van der Waals surface area (Å²) in [6.45, 7) is 12.8. The second-order valence-corrected chi connectivity index (χ2v) is 14.9. The average molecular weight is 799 g/mol. The van der Waals surface area contributed by atoms with Crippen molar-refractivity contribution in [2.45, 2.75) is 41.5 Å². The largest absolute Gasteiger partial charge is 0.388 e. The van der Waals surface area contributed by atoms with Crippen molar-refractivity contribution < 1.29 is 0 Å². The number of aryl methyl sites for hydroxylation is 6. The van der Waals surface area contributed by atoms with Gasteiger partial charge in [0.1, 0.15) is 0 Å². The van der Waals surface area contributed by atoms with Crippen molar-refractivity contribution in [3.8, 4) is 0 Å². The zero-order chi connectivity index (χ0) is 43.6. The Morgan fingerprint density at radius 3 is 0.467 bits per heavy atom. The molecule has 6 aromatic rings. The quantitative estimate of drug-likeness (QED) is 0.0693. The highest BCUT2D eigenvalue weighted by molar-refractivity contribution is 5.76. The first kappa shape index (κ1) is 46.0. The van der Waals surface area contributed by atoms with Gasteiger partial charge in [0.25, 0.3) is 0 Å². The van der Waals surface area contributed by atoms with Crippen LogP contribution in [-0.4, -0.2) is 42.3 Å². The molecular formula is C54H66N6. The molecule has 0 heterocycles. The van der Waals surface area contributed by atoms with E-state index in [0.717, 1.165) is 34.1 Å². The Kier molecular flexibility index (Phi) is 17.7. The maximum atomic E-state index is 3.16. The normalized spacial score (nSPS) is 10.8. The zero-order valence-corrected chi connectivity index (χ0v) is 37.9. The van der Waals surface area contributed by atoms with Crippen LogP contribution in [0.4, 0.5) is 34.1 Å². The van der Waals surface area contributed by atoms with Crippen molar-refractivity contribution in [2.24, 2.45) is 0 Å². The Labute approximate surface area is 361 Å². The molecule has 60 heavy (non-hydrogen) atoms. The van der Waals surface area contributed by atoms with Crippen molar-refractivity contribution in [3.63, 3.8) is 0 Å². The summed E-state index contributed by atoms with van der Waals surface area (Å²) in [6.07, 6.45) is 13.1. The van der Waals surface area contributed by atoms with Crippen LogP contribution in [0.5, 0.6) is 0 Å². The Hall–Kier alpha value is -6.66. The van der Waals surface area contributed by atoms with Crippen LogP contribution in [0.25, 0.3) is 36.5 Å². The minimum atomic E-state index is 1.15. The first-order chi connectivity index (χ1) is 28.9. The fourth-order valence-corrected chi connectivity index (χ4v) is 6.65. The molecule has 6 aromatic carbocycles. The molecule has 6 N–H and O–H groups in total. The lowest BCUT2D eigenvalue weighted by atomic mass is 10.0. The van der Waals surface area contributed by atoms with E-state index in [2.05, 4.69) is 219 Å². The summed E-state index contributed by atoms with van der Waals surface area (Å²) in [7, 11) is 11.6.